The van der Waals surface area contributed by atoms with Crippen molar-refractivity contribution in [3.05, 3.63) is 23.8 Å². The third-order valence-electron chi connectivity index (χ3n) is 13.8. The van der Waals surface area contributed by atoms with Crippen LogP contribution < -0.4 is 0 Å². The van der Waals surface area contributed by atoms with Crippen LogP contribution in [0.25, 0.3) is 0 Å². The first-order chi connectivity index (χ1) is 28.4. The van der Waals surface area contributed by atoms with Crippen LogP contribution >= 0.6 is 0 Å². The molecule has 0 aromatic heterocycles. The lowest BCUT2D eigenvalue weighted by atomic mass is 9.79. The number of allylic oxidation sites excluding steroid dienone is 3. The fraction of sp³-hybridized carbons (Fsp3) is 0.870. The number of carbonyl (C=O) groups is 2. The lowest BCUT2D eigenvalue weighted by molar-refractivity contribution is -0.292. The van der Waals surface area contributed by atoms with Crippen molar-refractivity contribution in [2.24, 2.45) is 41.4 Å². The maximum atomic E-state index is 14.3. The predicted molar refractivity (Wildman–Crippen MR) is 226 cm³/mol. The molecular weight excluding hydrogens is 774 g/mol. The van der Waals surface area contributed by atoms with Crippen LogP contribution in [0.5, 0.6) is 0 Å². The van der Waals surface area contributed by atoms with E-state index < -0.39 is 67.0 Å². The van der Waals surface area contributed by atoms with Gasteiger partial charge in [-0.25, -0.2) is 0 Å². The number of aliphatic hydroxyl groups is 2. The van der Waals surface area contributed by atoms with Crippen molar-refractivity contribution in [1.29, 1.82) is 0 Å². The number of aliphatic hydroxyl groups excluding tert-OH is 1. The van der Waals surface area contributed by atoms with Gasteiger partial charge < -0.3 is 57.7 Å². The lowest BCUT2D eigenvalue weighted by Crippen LogP contribution is -2.56. The van der Waals surface area contributed by atoms with Crippen LogP contribution in [0.3, 0.4) is 0 Å². The van der Waals surface area contributed by atoms with Crippen LogP contribution in [-0.4, -0.2) is 155 Å². The van der Waals surface area contributed by atoms with E-state index in [1.54, 1.807) is 20.3 Å². The zero-order valence-electron chi connectivity index (χ0n) is 38.7. The highest BCUT2D eigenvalue weighted by Gasteiger charge is 2.47. The summed E-state index contributed by atoms with van der Waals surface area (Å²) in [5, 5.41) is 21.6. The Morgan fingerprint density at radius 2 is 1.53 bits per heavy atom. The summed E-state index contributed by atoms with van der Waals surface area (Å²) in [6, 6.07) is 0.175. The van der Waals surface area contributed by atoms with Gasteiger partial charge in [-0.15, -0.1) is 0 Å². The van der Waals surface area contributed by atoms with E-state index in [9.17, 15) is 19.8 Å². The molecule has 2 N–H and O–H groups in total. The number of methoxy groups -OCH3 is 2. The SMILES string of the molecule is CC[C@H]1OC(=O)C[C@H]2OCC(O)(CO)COCCC(C[C@@H](C)C(=O)/C=C/C(C)=C/[C@@H]1CO[C@@H]1O[C@H](C)[C@@H](C)[C@@H](OC)[C@H]1OC)[C@H](O[C@@H]1O[C@H](C)[C@@H](C)[C@H](N(C)C)[C@H]1C)[C@H]2C. The van der Waals surface area contributed by atoms with Gasteiger partial charge in [0.2, 0.25) is 0 Å². The summed E-state index contributed by atoms with van der Waals surface area (Å²) in [6.45, 7) is 17.5. The molecule has 346 valence electrons. The van der Waals surface area contributed by atoms with Crippen molar-refractivity contribution in [2.45, 2.75) is 155 Å². The van der Waals surface area contributed by atoms with Crippen LogP contribution in [0.4, 0.5) is 0 Å². The number of hydrogen-bond acceptors (Lipinski definition) is 14. The van der Waals surface area contributed by atoms with Crippen molar-refractivity contribution in [1.82, 2.24) is 4.90 Å². The largest absolute Gasteiger partial charge is 0.462 e. The molecule has 4 heterocycles. The van der Waals surface area contributed by atoms with Gasteiger partial charge in [0.15, 0.2) is 18.4 Å². The van der Waals surface area contributed by atoms with Gasteiger partial charge in [0, 0.05) is 56.5 Å². The first-order valence-electron chi connectivity index (χ1n) is 22.3. The minimum Gasteiger partial charge on any atom is -0.462 e. The van der Waals surface area contributed by atoms with Gasteiger partial charge >= 0.3 is 5.97 Å². The number of nitrogens with zero attached hydrogens (tertiary/aromatic N) is 1. The quantitative estimate of drug-likeness (QED) is 0.284. The molecule has 0 aromatic carbocycles. The van der Waals surface area contributed by atoms with Crippen molar-refractivity contribution < 1.29 is 62.4 Å². The number of cyclic esters (lactones) is 1. The number of ketones is 1. The molecule has 18 atom stereocenters. The smallest absolute Gasteiger partial charge is 0.308 e. The predicted octanol–water partition coefficient (Wildman–Crippen LogP) is 4.97. The summed E-state index contributed by atoms with van der Waals surface area (Å²) < 4.78 is 56.9. The van der Waals surface area contributed by atoms with Gasteiger partial charge in [0.05, 0.1) is 63.4 Å². The molecule has 4 rings (SSSR count). The number of carbonyl (C=O) groups excluding carboxylic acids is 2. The molecule has 0 spiro atoms. The molecule has 0 aliphatic carbocycles. The molecule has 2 bridgehead atoms. The van der Waals surface area contributed by atoms with E-state index in [2.05, 4.69) is 46.7 Å². The van der Waals surface area contributed by atoms with E-state index in [1.807, 2.05) is 46.8 Å². The van der Waals surface area contributed by atoms with Crippen molar-refractivity contribution in [2.75, 3.05) is 61.3 Å². The summed E-state index contributed by atoms with van der Waals surface area (Å²) in [5.74, 6) is -1.71. The zero-order chi connectivity index (χ0) is 44.5. The Morgan fingerprint density at radius 1 is 0.867 bits per heavy atom. The second-order valence-corrected chi connectivity index (χ2v) is 18.6. The van der Waals surface area contributed by atoms with Crippen LogP contribution in [0, 0.1) is 41.4 Å². The molecule has 3 saturated heterocycles. The molecule has 60 heavy (non-hydrogen) atoms. The van der Waals surface area contributed by atoms with Gasteiger partial charge in [-0.2, -0.15) is 0 Å². The van der Waals surface area contributed by atoms with Gasteiger partial charge in [0.25, 0.3) is 0 Å². The summed E-state index contributed by atoms with van der Waals surface area (Å²) >= 11 is 0. The highest BCUT2D eigenvalue weighted by Crippen LogP contribution is 2.39. The molecule has 4 aliphatic rings. The van der Waals surface area contributed by atoms with E-state index in [0.29, 0.717) is 19.3 Å². The number of fused-ring (bicyclic) bond motifs is 3. The standard InChI is InChI=1S/C46H79NO13/c1-14-37-35(22-55-45-43(53-13)42(52-12)29(5)33(9)58-45)19-26(2)15-16-36(49)27(3)20-34-17-18-54-24-46(51,23-48)25-56-38(21-39(50)59-37)30(6)41(34)60-44-31(7)40(47(10)11)28(4)32(8)57-44/h15-16,19,27-35,37-38,40-45,48,51H,14,17-18,20-25H2,1-13H3/b16-15+,26-19+/t27-,28-,29-,30+,31-,32-,33-,34?,35-,37-,38-,40+,41-,42-,43-,44+,45-,46?/m1/s1. The molecule has 0 amide bonds. The molecule has 14 nitrogen and oxygen atoms in total. The van der Waals surface area contributed by atoms with E-state index in [0.717, 1.165) is 5.57 Å². The second-order valence-electron chi connectivity index (χ2n) is 18.6. The Bertz CT molecular complexity index is 1410. The van der Waals surface area contributed by atoms with Gasteiger partial charge in [-0.1, -0.05) is 59.3 Å². The van der Waals surface area contributed by atoms with Crippen LogP contribution in [-0.2, 0) is 52.2 Å². The minimum absolute atomic E-state index is 0.0125. The Morgan fingerprint density at radius 3 is 2.17 bits per heavy atom. The summed E-state index contributed by atoms with van der Waals surface area (Å²) in [7, 11) is 7.41. The Hall–Kier alpha value is -1.82. The van der Waals surface area contributed by atoms with Crippen molar-refractivity contribution >= 4 is 11.8 Å². The monoisotopic (exact) mass is 854 g/mol. The van der Waals surface area contributed by atoms with Gasteiger partial charge in [-0.3, -0.25) is 9.59 Å². The van der Waals surface area contributed by atoms with Gasteiger partial charge in [0.1, 0.15) is 17.8 Å². The molecule has 4 aliphatic heterocycles. The van der Waals surface area contributed by atoms with E-state index in [-0.39, 0.29) is 92.6 Å². The van der Waals surface area contributed by atoms with E-state index in [1.165, 1.54) is 0 Å². The Labute approximate surface area is 359 Å². The van der Waals surface area contributed by atoms with E-state index in [4.69, 9.17) is 42.6 Å². The second kappa shape index (κ2) is 23.2. The summed E-state index contributed by atoms with van der Waals surface area (Å²) in [5.41, 5.74) is -0.890. The topological polar surface area (TPSA) is 161 Å². The fourth-order valence-corrected chi connectivity index (χ4v) is 9.74. The summed E-state index contributed by atoms with van der Waals surface area (Å²) in [4.78, 5) is 30.4. The average Bonchev–Trinajstić information content (AvgIpc) is 3.22. The third-order valence-corrected chi connectivity index (χ3v) is 13.8. The first-order valence-corrected chi connectivity index (χ1v) is 22.3. The van der Waals surface area contributed by atoms with Crippen LogP contribution in [0.2, 0.25) is 0 Å². The number of ether oxygens (including phenoxy) is 9. The minimum atomic E-state index is -1.70. The van der Waals surface area contributed by atoms with Crippen LogP contribution in [0.15, 0.2) is 23.8 Å². The number of hydrogen-bond donors (Lipinski definition) is 2. The highest BCUT2D eigenvalue weighted by molar-refractivity contribution is 5.91. The number of esters is 1. The van der Waals surface area contributed by atoms with Crippen LogP contribution in [0.1, 0.15) is 88.0 Å². The molecule has 0 radical (unpaired) electrons. The maximum Gasteiger partial charge on any atom is 0.308 e. The Kier molecular flexibility index (Phi) is 19.7. The van der Waals surface area contributed by atoms with Gasteiger partial charge in [-0.05, 0) is 72.0 Å². The Balaban J connectivity index is 1.75. The first kappa shape index (κ1) is 50.8. The summed E-state index contributed by atoms with van der Waals surface area (Å²) in [6.07, 6.45) is 2.39. The number of rotatable bonds is 10. The van der Waals surface area contributed by atoms with Crippen molar-refractivity contribution in [3.63, 3.8) is 0 Å². The highest BCUT2D eigenvalue weighted by atomic mass is 16.7. The molecule has 3 fully saturated rings. The zero-order valence-corrected chi connectivity index (χ0v) is 38.7. The van der Waals surface area contributed by atoms with Crippen molar-refractivity contribution in [3.8, 4) is 0 Å². The normalized spacial score (nSPS) is 44.7. The lowest BCUT2D eigenvalue weighted by Gasteiger charge is -2.48. The molecule has 2 unspecified atom stereocenters. The molecule has 0 saturated carbocycles. The fourth-order valence-electron chi connectivity index (χ4n) is 9.74. The maximum absolute atomic E-state index is 14.3. The van der Waals surface area contributed by atoms with E-state index >= 15 is 0 Å². The average molecular weight is 854 g/mol. The third kappa shape index (κ3) is 12.9. The molecule has 0 aromatic rings. The molecular formula is C46H79NO13. The molecule has 14 heteroatoms.